The van der Waals surface area contributed by atoms with Crippen molar-refractivity contribution in [1.82, 2.24) is 5.32 Å². The largest absolute Gasteiger partial charge is 0.489 e. The fourth-order valence-electron chi connectivity index (χ4n) is 4.22. The number of nitrogens with zero attached hydrogens (tertiary/aromatic N) is 1. The van der Waals surface area contributed by atoms with Gasteiger partial charge in [-0.3, -0.25) is 14.9 Å². The molecule has 4 aromatic carbocycles. The van der Waals surface area contributed by atoms with Crippen molar-refractivity contribution in [2.45, 2.75) is 13.2 Å². The summed E-state index contributed by atoms with van der Waals surface area (Å²) in [6, 6.07) is 23.9. The predicted molar refractivity (Wildman–Crippen MR) is 160 cm³/mol. The van der Waals surface area contributed by atoms with Gasteiger partial charge in [-0.25, -0.2) is 14.5 Å². The summed E-state index contributed by atoms with van der Waals surface area (Å²) in [6.07, 6.45) is 1.25. The summed E-state index contributed by atoms with van der Waals surface area (Å²) in [5.41, 5.74) is 1.84. The van der Waals surface area contributed by atoms with Crippen LogP contribution in [0.3, 0.4) is 0 Å². The number of carbonyl (C=O) groups is 4. The van der Waals surface area contributed by atoms with Crippen LogP contribution >= 0.6 is 23.2 Å². The van der Waals surface area contributed by atoms with Crippen LogP contribution in [0.2, 0.25) is 10.0 Å². The zero-order valence-corrected chi connectivity index (χ0v) is 23.8. The highest BCUT2D eigenvalue weighted by molar-refractivity contribution is 6.40. The molecule has 4 amide bonds. The Hall–Kier alpha value is -5.12. The van der Waals surface area contributed by atoms with Crippen LogP contribution in [0.5, 0.6) is 11.5 Å². The highest BCUT2D eigenvalue weighted by atomic mass is 35.5. The highest BCUT2D eigenvalue weighted by Gasteiger charge is 2.37. The van der Waals surface area contributed by atoms with Crippen molar-refractivity contribution in [2.24, 2.45) is 0 Å². The predicted octanol–water partition coefficient (Wildman–Crippen LogP) is 6.52. The number of carbonyl (C=O) groups excluding carboxylic acids is 3. The number of hydrogen-bond donors (Lipinski definition) is 2. The van der Waals surface area contributed by atoms with E-state index in [0.717, 1.165) is 10.5 Å². The van der Waals surface area contributed by atoms with Crippen molar-refractivity contribution in [3.05, 3.63) is 129 Å². The van der Waals surface area contributed by atoms with Gasteiger partial charge in [-0.1, -0.05) is 65.7 Å². The number of rotatable bonds is 9. The van der Waals surface area contributed by atoms with E-state index in [4.69, 9.17) is 37.8 Å². The molecule has 1 saturated heterocycles. The number of imide groups is 2. The molecule has 0 aliphatic carbocycles. The van der Waals surface area contributed by atoms with E-state index >= 15 is 0 Å². The van der Waals surface area contributed by atoms with E-state index in [2.05, 4.69) is 5.32 Å². The summed E-state index contributed by atoms with van der Waals surface area (Å²) in [5.74, 6) is -2.17. The van der Waals surface area contributed by atoms with Gasteiger partial charge in [-0.2, -0.15) is 0 Å². The number of carboxylic acids is 1. The quantitative estimate of drug-likeness (QED) is 0.162. The third-order valence-electron chi connectivity index (χ3n) is 6.37. The fourth-order valence-corrected chi connectivity index (χ4v) is 4.78. The molecule has 0 unspecified atom stereocenters. The van der Waals surface area contributed by atoms with Crippen molar-refractivity contribution in [1.29, 1.82) is 0 Å². The minimum atomic E-state index is -1.06. The van der Waals surface area contributed by atoms with Gasteiger partial charge in [0.2, 0.25) is 0 Å². The van der Waals surface area contributed by atoms with Crippen molar-refractivity contribution in [3.63, 3.8) is 0 Å². The van der Waals surface area contributed by atoms with Crippen molar-refractivity contribution < 1.29 is 33.8 Å². The number of anilines is 1. The lowest BCUT2D eigenvalue weighted by Gasteiger charge is -2.26. The number of ether oxygens (including phenoxy) is 2. The number of barbiturate groups is 1. The molecule has 0 bridgehead atoms. The molecule has 43 heavy (non-hydrogen) atoms. The second kappa shape index (κ2) is 12.8. The lowest BCUT2D eigenvalue weighted by Crippen LogP contribution is -2.54. The van der Waals surface area contributed by atoms with Gasteiger partial charge in [-0.05, 0) is 65.7 Å². The van der Waals surface area contributed by atoms with Gasteiger partial charge in [0.05, 0.1) is 16.3 Å². The van der Waals surface area contributed by atoms with Gasteiger partial charge in [0.1, 0.15) is 30.3 Å². The van der Waals surface area contributed by atoms with E-state index in [1.54, 1.807) is 24.3 Å². The smallest absolute Gasteiger partial charge is 0.335 e. The Morgan fingerprint density at radius 2 is 1.49 bits per heavy atom. The molecule has 2 N–H and O–H groups in total. The number of benzene rings is 4. The first kappa shape index (κ1) is 29.4. The third kappa shape index (κ3) is 6.86. The molecule has 11 heteroatoms. The van der Waals surface area contributed by atoms with Gasteiger partial charge >= 0.3 is 12.0 Å². The van der Waals surface area contributed by atoms with Crippen LogP contribution in [0.1, 0.15) is 27.0 Å². The maximum atomic E-state index is 13.5. The summed E-state index contributed by atoms with van der Waals surface area (Å²) in [7, 11) is 0. The number of nitrogens with one attached hydrogen (secondary N) is 1. The van der Waals surface area contributed by atoms with Gasteiger partial charge in [-0.15, -0.1) is 0 Å². The molecule has 1 aliphatic heterocycles. The number of aromatic carboxylic acids is 1. The zero-order valence-electron chi connectivity index (χ0n) is 22.3. The fraction of sp³-hybridized carbons (Fsp3) is 0.0625. The maximum absolute atomic E-state index is 13.5. The van der Waals surface area contributed by atoms with Crippen LogP contribution in [-0.2, 0) is 22.8 Å². The van der Waals surface area contributed by atoms with Crippen molar-refractivity contribution >= 4 is 58.8 Å². The molecule has 1 heterocycles. The van der Waals surface area contributed by atoms with Crippen LogP contribution in [0.25, 0.3) is 6.08 Å². The molecule has 1 fully saturated rings. The molecule has 1 aliphatic rings. The first-order valence-corrected chi connectivity index (χ1v) is 13.6. The molecule has 0 saturated carbocycles. The Bertz CT molecular complexity index is 1740. The van der Waals surface area contributed by atoms with E-state index in [0.29, 0.717) is 17.9 Å². The van der Waals surface area contributed by atoms with Gasteiger partial charge in [0, 0.05) is 10.6 Å². The summed E-state index contributed by atoms with van der Waals surface area (Å²) < 4.78 is 11.7. The molecule has 0 spiro atoms. The Kier molecular flexibility index (Phi) is 8.75. The molecule has 5 rings (SSSR count). The van der Waals surface area contributed by atoms with Crippen LogP contribution < -0.4 is 19.7 Å². The number of hydrogen-bond acceptors (Lipinski definition) is 6. The first-order valence-electron chi connectivity index (χ1n) is 12.8. The average molecular weight is 617 g/mol. The number of urea groups is 1. The first-order chi connectivity index (χ1) is 20.7. The molecular weight excluding hydrogens is 595 g/mol. The van der Waals surface area contributed by atoms with Crippen LogP contribution in [-0.4, -0.2) is 28.9 Å². The third-order valence-corrected chi connectivity index (χ3v) is 6.86. The molecule has 0 radical (unpaired) electrons. The number of amides is 4. The summed E-state index contributed by atoms with van der Waals surface area (Å²) in [6.45, 7) is 0.339. The van der Waals surface area contributed by atoms with Gasteiger partial charge in [0.25, 0.3) is 11.8 Å². The summed E-state index contributed by atoms with van der Waals surface area (Å²) in [5, 5.41) is 11.6. The molecule has 9 nitrogen and oxygen atoms in total. The molecular formula is C32H22Cl2N2O7. The average Bonchev–Trinajstić information content (AvgIpc) is 2.99. The SMILES string of the molecule is O=C1NC(=O)N(c2ccc(OCc3ccccc3)cc2)C(=O)/C1=C/c1cc(Cl)cc(Cl)c1OCc1ccc(C(=O)O)cc1. The maximum Gasteiger partial charge on any atom is 0.335 e. The van der Waals surface area contributed by atoms with Crippen molar-refractivity contribution in [3.8, 4) is 11.5 Å². The molecule has 0 atom stereocenters. The number of carboxylic acid groups (broad SMARTS) is 1. The van der Waals surface area contributed by atoms with E-state index < -0.39 is 23.8 Å². The zero-order chi connectivity index (χ0) is 30.5. The normalized spacial score (nSPS) is 14.0. The standard InChI is InChI=1S/C32H22Cl2N2O7/c33-23-14-22(28(27(34)16-23)43-18-20-6-8-21(9-7-20)31(39)40)15-26-29(37)35-32(41)36(30(26)38)24-10-12-25(13-11-24)42-17-19-4-2-1-3-5-19/h1-16H,17-18H2,(H,39,40)(H,35,37,41)/b26-15+. The van der Waals surface area contributed by atoms with Gasteiger partial charge < -0.3 is 14.6 Å². The topological polar surface area (TPSA) is 122 Å². The summed E-state index contributed by atoms with van der Waals surface area (Å²) >= 11 is 12.6. The highest BCUT2D eigenvalue weighted by Crippen LogP contribution is 2.35. The molecule has 216 valence electrons. The van der Waals surface area contributed by atoms with Crippen molar-refractivity contribution in [2.75, 3.05) is 4.90 Å². The lowest BCUT2D eigenvalue weighted by atomic mass is 10.1. The van der Waals surface area contributed by atoms with E-state index in [-0.39, 0.29) is 44.8 Å². The monoisotopic (exact) mass is 616 g/mol. The Morgan fingerprint density at radius 3 is 2.16 bits per heavy atom. The second-order valence-corrected chi connectivity index (χ2v) is 10.2. The van der Waals surface area contributed by atoms with Crippen LogP contribution in [0.4, 0.5) is 10.5 Å². The molecule has 0 aromatic heterocycles. The minimum absolute atomic E-state index is 0.000864. The Labute approximate surface area is 255 Å². The van der Waals surface area contributed by atoms with E-state index in [1.165, 1.54) is 42.5 Å². The molecule has 4 aromatic rings. The summed E-state index contributed by atoms with van der Waals surface area (Å²) in [4.78, 5) is 51.0. The Morgan fingerprint density at radius 1 is 0.837 bits per heavy atom. The van der Waals surface area contributed by atoms with Crippen LogP contribution in [0.15, 0.2) is 96.6 Å². The van der Waals surface area contributed by atoms with Gasteiger partial charge in [0.15, 0.2) is 0 Å². The van der Waals surface area contributed by atoms with Crippen LogP contribution in [0, 0.1) is 0 Å². The second-order valence-electron chi connectivity index (χ2n) is 9.32. The Balaban J connectivity index is 1.38. The van der Waals surface area contributed by atoms with E-state index in [9.17, 15) is 19.2 Å². The van der Waals surface area contributed by atoms with E-state index in [1.807, 2.05) is 30.3 Å². The number of halogens is 2. The minimum Gasteiger partial charge on any atom is -0.489 e. The lowest BCUT2D eigenvalue weighted by molar-refractivity contribution is -0.122.